The fourth-order valence-electron chi connectivity index (χ4n) is 0.699. The molecule has 0 saturated heterocycles. The minimum absolute atomic E-state index is 0.275. The predicted octanol–water partition coefficient (Wildman–Crippen LogP) is 1.01. The van der Waals surface area contributed by atoms with E-state index in [1.807, 2.05) is 18.7 Å². The number of aliphatic hydroxyl groups is 1. The zero-order valence-corrected chi connectivity index (χ0v) is 9.31. The largest absolute Gasteiger partial charge is 0.396 e. The summed E-state index contributed by atoms with van der Waals surface area (Å²) in [5, 5.41) is 8.75. The third-order valence-electron chi connectivity index (χ3n) is 1.52. The number of thioether (sulfide) groups is 1. The first-order valence-corrected chi connectivity index (χ1v) is 5.72. The van der Waals surface area contributed by atoms with Gasteiger partial charge in [-0.2, -0.15) is 11.8 Å². The quantitative estimate of drug-likeness (QED) is 0.574. The number of rotatable bonds is 9. The molecule has 0 heterocycles. The number of hydrogen-bond donors (Lipinski definition) is 1. The van der Waals surface area contributed by atoms with E-state index in [0.717, 1.165) is 18.1 Å². The highest BCUT2D eigenvalue weighted by atomic mass is 32.2. The Hall–Kier alpha value is 0.230. The molecule has 0 aliphatic rings. The van der Waals surface area contributed by atoms with Crippen molar-refractivity contribution in [2.24, 2.45) is 5.92 Å². The van der Waals surface area contributed by atoms with Gasteiger partial charge in [0.2, 0.25) is 0 Å². The molecular weight excluding hydrogens is 188 g/mol. The number of methoxy groups -OCH3 is 1. The van der Waals surface area contributed by atoms with Crippen molar-refractivity contribution in [3.05, 3.63) is 0 Å². The first kappa shape index (κ1) is 13.2. The molecule has 0 aromatic carbocycles. The molecule has 0 radical (unpaired) electrons. The van der Waals surface area contributed by atoms with E-state index in [2.05, 4.69) is 0 Å². The molecule has 0 aliphatic heterocycles. The van der Waals surface area contributed by atoms with E-state index in [4.69, 9.17) is 14.6 Å². The lowest BCUT2D eigenvalue weighted by molar-refractivity contribution is 0.0790. The van der Waals surface area contributed by atoms with Gasteiger partial charge in [-0.25, -0.2) is 0 Å². The molecule has 3 nitrogen and oxygen atoms in total. The molecule has 1 atom stereocenters. The van der Waals surface area contributed by atoms with Gasteiger partial charge in [0, 0.05) is 19.5 Å². The fourth-order valence-corrected chi connectivity index (χ4v) is 1.61. The molecule has 0 spiro atoms. The number of hydrogen-bond acceptors (Lipinski definition) is 4. The molecule has 0 saturated carbocycles. The molecule has 0 aromatic heterocycles. The maximum absolute atomic E-state index is 8.75. The van der Waals surface area contributed by atoms with E-state index in [0.29, 0.717) is 19.1 Å². The van der Waals surface area contributed by atoms with Crippen molar-refractivity contribution in [1.82, 2.24) is 0 Å². The minimum Gasteiger partial charge on any atom is -0.396 e. The van der Waals surface area contributed by atoms with Crippen LogP contribution in [0.25, 0.3) is 0 Å². The molecule has 4 heteroatoms. The molecular formula is C9H20O3S. The van der Waals surface area contributed by atoms with Crippen molar-refractivity contribution in [2.75, 3.05) is 45.0 Å². The second kappa shape index (κ2) is 10.3. The van der Waals surface area contributed by atoms with Crippen LogP contribution in [0.5, 0.6) is 0 Å². The van der Waals surface area contributed by atoms with Crippen molar-refractivity contribution in [3.63, 3.8) is 0 Å². The highest BCUT2D eigenvalue weighted by molar-refractivity contribution is 7.99. The van der Waals surface area contributed by atoms with Gasteiger partial charge in [-0.3, -0.25) is 0 Å². The molecule has 1 N–H and O–H groups in total. The molecule has 13 heavy (non-hydrogen) atoms. The van der Waals surface area contributed by atoms with Crippen LogP contribution in [0.4, 0.5) is 0 Å². The number of aliphatic hydroxyl groups excluding tert-OH is 1. The summed E-state index contributed by atoms with van der Waals surface area (Å²) in [4.78, 5) is 0. The molecule has 0 bridgehead atoms. The van der Waals surface area contributed by atoms with Crippen LogP contribution in [0, 0.1) is 5.92 Å². The summed E-state index contributed by atoms with van der Waals surface area (Å²) in [6.45, 7) is 4.42. The van der Waals surface area contributed by atoms with Crippen molar-refractivity contribution in [1.29, 1.82) is 0 Å². The van der Waals surface area contributed by atoms with Gasteiger partial charge in [-0.1, -0.05) is 6.92 Å². The Bertz CT molecular complexity index is 101. The van der Waals surface area contributed by atoms with E-state index >= 15 is 0 Å². The summed E-state index contributed by atoms with van der Waals surface area (Å²) in [7, 11) is 1.67. The first-order chi connectivity index (χ1) is 6.31. The second-order valence-electron chi connectivity index (χ2n) is 2.97. The number of ether oxygens (including phenoxy) is 2. The third-order valence-corrected chi connectivity index (χ3v) is 2.78. The maximum atomic E-state index is 8.75. The summed E-state index contributed by atoms with van der Waals surface area (Å²) in [6.07, 6.45) is 0. The lowest BCUT2D eigenvalue weighted by atomic mass is 10.2. The summed E-state index contributed by atoms with van der Waals surface area (Å²) in [6, 6.07) is 0. The van der Waals surface area contributed by atoms with Crippen LogP contribution >= 0.6 is 11.8 Å². The minimum atomic E-state index is 0.275. The van der Waals surface area contributed by atoms with Gasteiger partial charge < -0.3 is 14.6 Å². The predicted molar refractivity (Wildman–Crippen MR) is 56.3 cm³/mol. The molecule has 0 amide bonds. The van der Waals surface area contributed by atoms with Crippen LogP contribution in [0.1, 0.15) is 6.92 Å². The third kappa shape index (κ3) is 10.1. The summed E-state index contributed by atoms with van der Waals surface area (Å²) in [5.74, 6) is 2.39. The van der Waals surface area contributed by atoms with E-state index < -0.39 is 0 Å². The van der Waals surface area contributed by atoms with E-state index in [1.54, 1.807) is 7.11 Å². The Morgan fingerprint density at radius 2 is 2.08 bits per heavy atom. The average Bonchev–Trinajstić information content (AvgIpc) is 2.16. The molecule has 0 rings (SSSR count). The highest BCUT2D eigenvalue weighted by Crippen LogP contribution is 2.06. The lowest BCUT2D eigenvalue weighted by Gasteiger charge is -2.07. The van der Waals surface area contributed by atoms with Crippen LogP contribution in [-0.2, 0) is 9.47 Å². The van der Waals surface area contributed by atoms with Crippen molar-refractivity contribution in [2.45, 2.75) is 6.92 Å². The van der Waals surface area contributed by atoms with Gasteiger partial charge in [0.25, 0.3) is 0 Å². The van der Waals surface area contributed by atoms with E-state index in [1.165, 1.54) is 0 Å². The van der Waals surface area contributed by atoms with Crippen LogP contribution in [0.15, 0.2) is 0 Å². The molecule has 0 aliphatic carbocycles. The highest BCUT2D eigenvalue weighted by Gasteiger charge is 1.98. The van der Waals surface area contributed by atoms with Crippen LogP contribution in [-0.4, -0.2) is 50.1 Å². The van der Waals surface area contributed by atoms with Gasteiger partial charge in [0.05, 0.1) is 19.8 Å². The van der Waals surface area contributed by atoms with E-state index in [-0.39, 0.29) is 6.61 Å². The first-order valence-electron chi connectivity index (χ1n) is 4.56. The molecule has 80 valence electrons. The van der Waals surface area contributed by atoms with Crippen LogP contribution in [0.3, 0.4) is 0 Å². The van der Waals surface area contributed by atoms with Crippen molar-refractivity contribution < 1.29 is 14.6 Å². The lowest BCUT2D eigenvalue weighted by Crippen LogP contribution is -2.07. The van der Waals surface area contributed by atoms with Crippen molar-refractivity contribution in [3.8, 4) is 0 Å². The Labute approximate surface area is 84.8 Å². The van der Waals surface area contributed by atoms with Gasteiger partial charge in [0.15, 0.2) is 0 Å². The molecule has 1 unspecified atom stereocenters. The van der Waals surface area contributed by atoms with Gasteiger partial charge in [0.1, 0.15) is 0 Å². The molecule has 0 fully saturated rings. The maximum Gasteiger partial charge on any atom is 0.0700 e. The normalized spacial score (nSPS) is 13.2. The van der Waals surface area contributed by atoms with Crippen molar-refractivity contribution >= 4 is 11.8 Å². The standard InChI is InChI=1S/C9H20O3S/c1-9(7-10)8-13-6-5-12-4-3-11-2/h9-10H,3-8H2,1-2H3. The summed E-state index contributed by atoms with van der Waals surface area (Å²) in [5.41, 5.74) is 0. The Balaban J connectivity index is 2.91. The van der Waals surface area contributed by atoms with Gasteiger partial charge in [-0.05, 0) is 11.7 Å². The molecule has 0 aromatic rings. The Morgan fingerprint density at radius 1 is 1.31 bits per heavy atom. The Kier molecular flexibility index (Phi) is 10.5. The monoisotopic (exact) mass is 208 g/mol. The summed E-state index contributed by atoms with van der Waals surface area (Å²) < 4.78 is 10.1. The topological polar surface area (TPSA) is 38.7 Å². The van der Waals surface area contributed by atoms with Crippen LogP contribution in [0.2, 0.25) is 0 Å². The SMILES string of the molecule is COCCOCCSCC(C)CO. The van der Waals surface area contributed by atoms with Gasteiger partial charge in [-0.15, -0.1) is 0 Å². The Morgan fingerprint density at radius 3 is 2.69 bits per heavy atom. The average molecular weight is 208 g/mol. The zero-order chi connectivity index (χ0) is 9.94. The van der Waals surface area contributed by atoms with E-state index in [9.17, 15) is 0 Å². The second-order valence-corrected chi connectivity index (χ2v) is 4.12. The summed E-state index contributed by atoms with van der Waals surface area (Å²) >= 11 is 1.82. The van der Waals surface area contributed by atoms with Crippen LogP contribution < -0.4 is 0 Å². The fraction of sp³-hybridized carbons (Fsp3) is 1.00. The smallest absolute Gasteiger partial charge is 0.0700 e. The zero-order valence-electron chi connectivity index (χ0n) is 8.49. The van der Waals surface area contributed by atoms with Gasteiger partial charge >= 0.3 is 0 Å².